The van der Waals surface area contributed by atoms with Crippen molar-refractivity contribution in [1.82, 2.24) is 9.88 Å². The molecule has 1 amide bonds. The van der Waals surface area contributed by atoms with E-state index in [-0.39, 0.29) is 24.1 Å². The molecular weight excluding hydrogens is 440 g/mol. The number of pyridine rings is 1. The maximum absolute atomic E-state index is 13.4. The minimum atomic E-state index is -1.01. The number of carbonyl (C=O) groups is 1. The van der Waals surface area contributed by atoms with E-state index in [0.29, 0.717) is 25.3 Å². The van der Waals surface area contributed by atoms with Crippen LogP contribution in [0.1, 0.15) is 54.7 Å². The third-order valence-corrected chi connectivity index (χ3v) is 8.04. The van der Waals surface area contributed by atoms with Gasteiger partial charge in [0.2, 0.25) is 5.88 Å². The zero-order valence-corrected chi connectivity index (χ0v) is 19.9. The van der Waals surface area contributed by atoms with E-state index in [1.165, 1.54) is 22.3 Å². The summed E-state index contributed by atoms with van der Waals surface area (Å²) < 4.78 is 11.3. The van der Waals surface area contributed by atoms with Gasteiger partial charge in [-0.2, -0.15) is 0 Å². The van der Waals surface area contributed by atoms with Gasteiger partial charge in [0.15, 0.2) is 0 Å². The first-order chi connectivity index (χ1) is 17.1. The van der Waals surface area contributed by atoms with Gasteiger partial charge in [-0.05, 0) is 53.1 Å². The third kappa shape index (κ3) is 3.76. The molecule has 3 heterocycles. The highest BCUT2D eigenvalue weighted by atomic mass is 16.6. The van der Waals surface area contributed by atoms with Gasteiger partial charge in [0, 0.05) is 43.1 Å². The van der Waals surface area contributed by atoms with Gasteiger partial charge >= 0.3 is 6.09 Å². The second-order valence-electron chi connectivity index (χ2n) is 9.98. The summed E-state index contributed by atoms with van der Waals surface area (Å²) in [6.45, 7) is 0.314. The lowest BCUT2D eigenvalue weighted by Gasteiger charge is -2.51. The number of piperidine rings is 2. The molecule has 6 rings (SSSR count). The minimum Gasteiger partial charge on any atom is -0.481 e. The lowest BCUT2D eigenvalue weighted by atomic mass is 9.73. The first-order valence-corrected chi connectivity index (χ1v) is 12.4. The Morgan fingerprint density at radius 3 is 2.29 bits per heavy atom. The number of amides is 1. The summed E-state index contributed by atoms with van der Waals surface area (Å²) >= 11 is 0. The Morgan fingerprint density at radius 1 is 1.03 bits per heavy atom. The Bertz CT molecular complexity index is 1200. The Balaban J connectivity index is 1.20. The van der Waals surface area contributed by atoms with Gasteiger partial charge in [0.1, 0.15) is 6.61 Å². The molecule has 3 aromatic rings. The van der Waals surface area contributed by atoms with Gasteiger partial charge in [-0.15, -0.1) is 0 Å². The van der Waals surface area contributed by atoms with Gasteiger partial charge < -0.3 is 19.5 Å². The molecule has 0 spiro atoms. The lowest BCUT2D eigenvalue weighted by molar-refractivity contribution is -0.0892. The van der Waals surface area contributed by atoms with Crippen molar-refractivity contribution in [3.8, 4) is 17.0 Å². The maximum atomic E-state index is 13.4. The second-order valence-corrected chi connectivity index (χ2v) is 9.98. The van der Waals surface area contributed by atoms with Crippen LogP contribution >= 0.6 is 0 Å². The van der Waals surface area contributed by atoms with E-state index in [0.717, 1.165) is 24.8 Å². The Labute approximate surface area is 205 Å². The molecular formula is C29H30N2O4. The molecule has 2 bridgehead atoms. The van der Waals surface area contributed by atoms with Crippen LogP contribution in [0.15, 0.2) is 66.9 Å². The van der Waals surface area contributed by atoms with Crippen LogP contribution < -0.4 is 4.74 Å². The van der Waals surface area contributed by atoms with Crippen LogP contribution in [-0.2, 0) is 10.3 Å². The molecule has 180 valence electrons. The van der Waals surface area contributed by atoms with Crippen LogP contribution in [0.3, 0.4) is 0 Å². The fraction of sp³-hybridized carbons (Fsp3) is 0.379. The predicted molar refractivity (Wildman–Crippen MR) is 132 cm³/mol. The molecule has 2 unspecified atom stereocenters. The Kier molecular flexibility index (Phi) is 5.49. The van der Waals surface area contributed by atoms with Gasteiger partial charge in [-0.3, -0.25) is 0 Å². The van der Waals surface area contributed by atoms with Crippen molar-refractivity contribution >= 4 is 6.09 Å². The summed E-state index contributed by atoms with van der Waals surface area (Å²) in [5.41, 5.74) is 4.65. The van der Waals surface area contributed by atoms with E-state index in [2.05, 4.69) is 41.4 Å². The zero-order valence-electron chi connectivity index (χ0n) is 19.9. The maximum Gasteiger partial charge on any atom is 0.410 e. The van der Waals surface area contributed by atoms with E-state index < -0.39 is 5.60 Å². The average molecular weight is 471 g/mol. The number of ether oxygens (including phenoxy) is 2. The lowest BCUT2D eigenvalue weighted by Crippen LogP contribution is -2.59. The van der Waals surface area contributed by atoms with Crippen molar-refractivity contribution in [2.24, 2.45) is 0 Å². The summed E-state index contributed by atoms with van der Waals surface area (Å²) in [4.78, 5) is 19.5. The average Bonchev–Trinajstić information content (AvgIpc) is 3.20. The molecule has 6 nitrogen and oxygen atoms in total. The van der Waals surface area contributed by atoms with Crippen LogP contribution in [0.4, 0.5) is 4.79 Å². The fourth-order valence-corrected chi connectivity index (χ4v) is 6.44. The van der Waals surface area contributed by atoms with E-state index in [1.807, 2.05) is 23.1 Å². The molecule has 0 radical (unpaired) electrons. The molecule has 1 aromatic heterocycles. The van der Waals surface area contributed by atoms with Gasteiger partial charge in [0.25, 0.3) is 0 Å². The van der Waals surface area contributed by atoms with Gasteiger partial charge in [-0.1, -0.05) is 48.5 Å². The number of benzene rings is 2. The number of rotatable bonds is 4. The van der Waals surface area contributed by atoms with E-state index in [9.17, 15) is 9.90 Å². The number of aliphatic hydroxyl groups is 1. The van der Waals surface area contributed by atoms with Crippen LogP contribution in [-0.4, -0.2) is 46.9 Å². The molecule has 2 fully saturated rings. The first-order valence-electron chi connectivity index (χ1n) is 12.4. The third-order valence-electron chi connectivity index (χ3n) is 8.04. The highest BCUT2D eigenvalue weighted by Crippen LogP contribution is 2.46. The molecule has 2 aromatic carbocycles. The van der Waals surface area contributed by atoms with Crippen molar-refractivity contribution in [2.45, 2.75) is 55.7 Å². The normalized spacial score (nSPS) is 25.0. The number of hydrogen-bond donors (Lipinski definition) is 1. The van der Waals surface area contributed by atoms with Crippen molar-refractivity contribution in [3.63, 3.8) is 0 Å². The molecule has 2 atom stereocenters. The number of fused-ring (bicyclic) bond motifs is 5. The highest BCUT2D eigenvalue weighted by molar-refractivity contribution is 5.79. The Morgan fingerprint density at radius 2 is 1.66 bits per heavy atom. The van der Waals surface area contributed by atoms with E-state index in [4.69, 9.17) is 9.47 Å². The SMILES string of the molecule is COc1cc(C2(O)CC3CCCC(C2)N3C(=O)OCC2c3ccccc3-c3ccccc32)ccn1. The number of carbonyl (C=O) groups excluding carboxylic acids is 1. The van der Waals surface area contributed by atoms with Gasteiger partial charge in [0.05, 0.1) is 12.7 Å². The Hall–Kier alpha value is -3.38. The zero-order chi connectivity index (χ0) is 24.0. The molecule has 1 N–H and O–H groups in total. The molecule has 0 saturated carbocycles. The predicted octanol–water partition coefficient (Wildman–Crippen LogP) is 5.24. The van der Waals surface area contributed by atoms with Crippen LogP contribution in [0, 0.1) is 0 Å². The summed E-state index contributed by atoms with van der Waals surface area (Å²) in [7, 11) is 1.57. The molecule has 3 aliphatic rings. The number of hydrogen-bond acceptors (Lipinski definition) is 5. The second kappa shape index (κ2) is 8.68. The summed E-state index contributed by atoms with van der Waals surface area (Å²) in [6.07, 6.45) is 5.16. The molecule has 1 aliphatic carbocycles. The summed E-state index contributed by atoms with van der Waals surface area (Å²) in [6, 6.07) is 20.3. The van der Waals surface area contributed by atoms with Crippen LogP contribution in [0.5, 0.6) is 5.88 Å². The number of aromatic nitrogens is 1. The highest BCUT2D eigenvalue weighted by Gasteiger charge is 2.49. The molecule has 2 saturated heterocycles. The van der Waals surface area contributed by atoms with E-state index >= 15 is 0 Å². The topological polar surface area (TPSA) is 71.9 Å². The van der Waals surface area contributed by atoms with Crippen molar-refractivity contribution in [3.05, 3.63) is 83.6 Å². The smallest absolute Gasteiger partial charge is 0.410 e. The van der Waals surface area contributed by atoms with Crippen molar-refractivity contribution in [2.75, 3.05) is 13.7 Å². The summed E-state index contributed by atoms with van der Waals surface area (Å²) in [5.74, 6) is 0.525. The van der Waals surface area contributed by atoms with E-state index in [1.54, 1.807) is 19.4 Å². The molecule has 6 heteroatoms. The monoisotopic (exact) mass is 470 g/mol. The largest absolute Gasteiger partial charge is 0.481 e. The summed E-state index contributed by atoms with van der Waals surface area (Å²) in [5, 5.41) is 11.6. The van der Waals surface area contributed by atoms with Gasteiger partial charge in [-0.25, -0.2) is 9.78 Å². The van der Waals surface area contributed by atoms with Crippen molar-refractivity contribution in [1.29, 1.82) is 0 Å². The minimum absolute atomic E-state index is 0.0391. The first kappa shape index (κ1) is 22.1. The standard InChI is InChI=1S/C29H30N2O4/c1-34-27-15-19(13-14-30-27)29(33)16-20-7-6-8-21(17-29)31(20)28(32)35-18-26-24-11-4-2-9-22(24)23-10-3-5-12-25(23)26/h2-5,9-15,20-21,26,33H,6-8,16-18H2,1H3. The number of nitrogens with zero attached hydrogens (tertiary/aromatic N) is 2. The molecule has 35 heavy (non-hydrogen) atoms. The van der Waals surface area contributed by atoms with Crippen molar-refractivity contribution < 1.29 is 19.4 Å². The van der Waals surface area contributed by atoms with Crippen LogP contribution in [0.2, 0.25) is 0 Å². The number of methoxy groups -OCH3 is 1. The fourth-order valence-electron chi connectivity index (χ4n) is 6.44. The molecule has 2 aliphatic heterocycles. The van der Waals surface area contributed by atoms with Crippen LogP contribution in [0.25, 0.3) is 11.1 Å². The quantitative estimate of drug-likeness (QED) is 0.564.